The Morgan fingerprint density at radius 2 is 2.24 bits per heavy atom. The molecule has 0 radical (unpaired) electrons. The molecule has 0 aromatic carbocycles. The smallest absolute Gasteiger partial charge is 0.321 e. The summed E-state index contributed by atoms with van der Waals surface area (Å²) in [6.45, 7) is 4.20. The third-order valence-corrected chi connectivity index (χ3v) is 4.87. The number of urea groups is 1. The standard InChI is InChI=1S/C17H23N7O/c1-12-18-9-15(16(20-12)14-4-5-14)21-17(25)23-7-2-3-13(10-23)11-24-8-6-19-22-24/h6,8-9,13-14H,2-5,7,10-11H2,1H3,(H,21,25). The van der Waals surface area contributed by atoms with Gasteiger partial charge in [-0.3, -0.25) is 4.68 Å². The first kappa shape index (κ1) is 16.0. The summed E-state index contributed by atoms with van der Waals surface area (Å²) in [5.41, 5.74) is 1.74. The average molecular weight is 341 g/mol. The lowest BCUT2D eigenvalue weighted by molar-refractivity contribution is 0.168. The van der Waals surface area contributed by atoms with Crippen LogP contribution >= 0.6 is 0 Å². The predicted molar refractivity (Wildman–Crippen MR) is 92.1 cm³/mol. The fourth-order valence-electron chi connectivity index (χ4n) is 3.44. The largest absolute Gasteiger partial charge is 0.324 e. The van der Waals surface area contributed by atoms with Crippen molar-refractivity contribution in [1.29, 1.82) is 0 Å². The number of piperidine rings is 1. The molecule has 4 rings (SSSR count). The number of hydrogen-bond donors (Lipinski definition) is 1. The van der Waals surface area contributed by atoms with E-state index in [4.69, 9.17) is 0 Å². The lowest BCUT2D eigenvalue weighted by Crippen LogP contribution is -2.43. The molecule has 8 heteroatoms. The molecule has 3 heterocycles. The van der Waals surface area contributed by atoms with Crippen LogP contribution in [-0.2, 0) is 6.54 Å². The molecule has 2 aromatic rings. The average Bonchev–Trinajstić information content (AvgIpc) is 3.34. The van der Waals surface area contributed by atoms with Crippen molar-refractivity contribution < 1.29 is 4.79 Å². The lowest BCUT2D eigenvalue weighted by Gasteiger charge is -2.32. The Morgan fingerprint density at radius 3 is 3.00 bits per heavy atom. The molecule has 2 fully saturated rings. The maximum Gasteiger partial charge on any atom is 0.321 e. The Labute approximate surface area is 146 Å². The zero-order valence-corrected chi connectivity index (χ0v) is 14.4. The summed E-state index contributed by atoms with van der Waals surface area (Å²) in [4.78, 5) is 23.4. The minimum Gasteiger partial charge on any atom is -0.324 e. The van der Waals surface area contributed by atoms with E-state index in [1.165, 1.54) is 0 Å². The van der Waals surface area contributed by atoms with Crippen molar-refractivity contribution in [2.45, 2.75) is 45.1 Å². The van der Waals surface area contributed by atoms with Crippen LogP contribution in [0.3, 0.4) is 0 Å². The number of rotatable bonds is 4. The van der Waals surface area contributed by atoms with Gasteiger partial charge in [-0.25, -0.2) is 14.8 Å². The van der Waals surface area contributed by atoms with Crippen LogP contribution in [0.15, 0.2) is 18.6 Å². The molecule has 2 amide bonds. The normalized spacial score (nSPS) is 20.5. The molecule has 132 valence electrons. The van der Waals surface area contributed by atoms with E-state index in [1.54, 1.807) is 12.4 Å². The number of aromatic nitrogens is 5. The summed E-state index contributed by atoms with van der Waals surface area (Å²) in [5.74, 6) is 1.63. The van der Waals surface area contributed by atoms with Gasteiger partial charge in [0, 0.05) is 31.7 Å². The van der Waals surface area contributed by atoms with Gasteiger partial charge in [0.05, 0.1) is 23.8 Å². The highest BCUT2D eigenvalue weighted by Gasteiger charge is 2.30. The maximum absolute atomic E-state index is 12.7. The molecule has 1 saturated carbocycles. The van der Waals surface area contributed by atoms with E-state index in [0.29, 0.717) is 11.8 Å². The number of nitrogens with one attached hydrogen (secondary N) is 1. The number of carbonyl (C=O) groups is 1. The summed E-state index contributed by atoms with van der Waals surface area (Å²) in [7, 11) is 0. The van der Waals surface area contributed by atoms with Gasteiger partial charge in [-0.1, -0.05) is 5.21 Å². The summed E-state index contributed by atoms with van der Waals surface area (Å²) in [6.07, 6.45) is 9.68. The third kappa shape index (κ3) is 3.78. The molecule has 1 unspecified atom stereocenters. The van der Waals surface area contributed by atoms with E-state index in [-0.39, 0.29) is 6.03 Å². The van der Waals surface area contributed by atoms with E-state index >= 15 is 0 Å². The van der Waals surface area contributed by atoms with Crippen LogP contribution in [0, 0.1) is 12.8 Å². The number of anilines is 1. The van der Waals surface area contributed by atoms with Crippen LogP contribution in [0.4, 0.5) is 10.5 Å². The monoisotopic (exact) mass is 341 g/mol. The van der Waals surface area contributed by atoms with Crippen molar-refractivity contribution in [3.8, 4) is 0 Å². The highest BCUT2D eigenvalue weighted by atomic mass is 16.2. The van der Waals surface area contributed by atoms with Gasteiger partial charge in [-0.05, 0) is 38.5 Å². The summed E-state index contributed by atoms with van der Waals surface area (Å²) >= 11 is 0. The lowest BCUT2D eigenvalue weighted by atomic mass is 9.98. The summed E-state index contributed by atoms with van der Waals surface area (Å²) < 4.78 is 1.84. The topological polar surface area (TPSA) is 88.8 Å². The van der Waals surface area contributed by atoms with Gasteiger partial charge in [0.2, 0.25) is 0 Å². The van der Waals surface area contributed by atoms with Crippen LogP contribution in [0.25, 0.3) is 0 Å². The molecule has 0 spiro atoms. The molecule has 0 bridgehead atoms. The highest BCUT2D eigenvalue weighted by molar-refractivity contribution is 5.90. The third-order valence-electron chi connectivity index (χ3n) is 4.87. The molecular weight excluding hydrogens is 318 g/mol. The molecule has 1 N–H and O–H groups in total. The zero-order valence-electron chi connectivity index (χ0n) is 14.4. The Bertz CT molecular complexity index is 741. The maximum atomic E-state index is 12.7. The van der Waals surface area contributed by atoms with E-state index < -0.39 is 0 Å². The quantitative estimate of drug-likeness (QED) is 0.921. The van der Waals surface area contributed by atoms with E-state index in [1.807, 2.05) is 22.7 Å². The van der Waals surface area contributed by atoms with Crippen molar-refractivity contribution >= 4 is 11.7 Å². The second-order valence-corrected chi connectivity index (χ2v) is 7.00. The van der Waals surface area contributed by atoms with Gasteiger partial charge in [0.15, 0.2) is 0 Å². The van der Waals surface area contributed by atoms with Crippen LogP contribution in [0.1, 0.15) is 43.1 Å². The Kier molecular flexibility index (Phi) is 4.33. The molecule has 1 atom stereocenters. The van der Waals surface area contributed by atoms with Crippen molar-refractivity contribution in [1.82, 2.24) is 29.9 Å². The molecule has 25 heavy (non-hydrogen) atoms. The van der Waals surface area contributed by atoms with E-state index in [9.17, 15) is 4.79 Å². The number of aryl methyl sites for hydroxylation is 1. The molecule has 1 saturated heterocycles. The van der Waals surface area contributed by atoms with Crippen molar-refractivity contribution in [3.05, 3.63) is 30.1 Å². The van der Waals surface area contributed by atoms with Crippen molar-refractivity contribution in [2.75, 3.05) is 18.4 Å². The van der Waals surface area contributed by atoms with Gasteiger partial charge in [0.1, 0.15) is 5.82 Å². The van der Waals surface area contributed by atoms with E-state index in [2.05, 4.69) is 25.6 Å². The summed E-state index contributed by atoms with van der Waals surface area (Å²) in [5, 5.41) is 10.9. The van der Waals surface area contributed by atoms with Crippen molar-refractivity contribution in [3.63, 3.8) is 0 Å². The Morgan fingerprint density at radius 1 is 1.36 bits per heavy atom. The Hall–Kier alpha value is -2.51. The zero-order chi connectivity index (χ0) is 17.2. The molecule has 2 aliphatic rings. The van der Waals surface area contributed by atoms with Gasteiger partial charge in [-0.15, -0.1) is 5.10 Å². The first-order valence-corrected chi connectivity index (χ1v) is 8.92. The minimum atomic E-state index is -0.0577. The Balaban J connectivity index is 1.41. The van der Waals surface area contributed by atoms with Gasteiger partial charge < -0.3 is 10.2 Å². The fraction of sp³-hybridized carbons (Fsp3) is 0.588. The minimum absolute atomic E-state index is 0.0577. The van der Waals surface area contributed by atoms with Crippen LogP contribution in [0.5, 0.6) is 0 Å². The number of nitrogens with zero attached hydrogens (tertiary/aromatic N) is 6. The SMILES string of the molecule is Cc1ncc(NC(=O)N2CCCC(Cn3ccnn3)C2)c(C2CC2)n1. The predicted octanol–water partition coefficient (Wildman–Crippen LogP) is 2.20. The molecule has 1 aliphatic carbocycles. The number of hydrogen-bond acceptors (Lipinski definition) is 5. The van der Waals surface area contributed by atoms with Gasteiger partial charge in [-0.2, -0.15) is 0 Å². The molecule has 2 aromatic heterocycles. The first-order valence-electron chi connectivity index (χ1n) is 8.92. The first-order chi connectivity index (χ1) is 12.2. The number of amides is 2. The second-order valence-electron chi connectivity index (χ2n) is 7.00. The summed E-state index contributed by atoms with van der Waals surface area (Å²) in [6, 6.07) is -0.0577. The van der Waals surface area contributed by atoms with Crippen molar-refractivity contribution in [2.24, 2.45) is 5.92 Å². The number of likely N-dealkylation sites (tertiary alicyclic amines) is 1. The van der Waals surface area contributed by atoms with Crippen LogP contribution in [0.2, 0.25) is 0 Å². The van der Waals surface area contributed by atoms with Crippen LogP contribution in [-0.4, -0.2) is 49.0 Å². The van der Waals surface area contributed by atoms with Crippen LogP contribution < -0.4 is 5.32 Å². The van der Waals surface area contributed by atoms with Gasteiger partial charge >= 0.3 is 6.03 Å². The molecular formula is C17H23N7O. The molecule has 1 aliphatic heterocycles. The highest BCUT2D eigenvalue weighted by Crippen LogP contribution is 2.42. The van der Waals surface area contributed by atoms with Gasteiger partial charge in [0.25, 0.3) is 0 Å². The second kappa shape index (κ2) is 6.78. The number of carbonyl (C=O) groups excluding carboxylic acids is 1. The van der Waals surface area contributed by atoms with E-state index in [0.717, 1.165) is 62.5 Å². The fourth-order valence-corrected chi connectivity index (χ4v) is 3.44. The molecule has 8 nitrogen and oxygen atoms in total.